The Morgan fingerprint density at radius 2 is 1.84 bits per heavy atom. The summed E-state index contributed by atoms with van der Waals surface area (Å²) in [6.45, 7) is 0.435. The number of hydrogen-bond donors (Lipinski definition) is 0. The van der Waals surface area contributed by atoms with Crippen LogP contribution < -0.4 is 4.74 Å². The summed E-state index contributed by atoms with van der Waals surface area (Å²) >= 11 is 3.45. The molecule has 0 atom stereocenters. The number of oxime groups is 1. The third kappa shape index (κ3) is 4.10. The van der Waals surface area contributed by atoms with Gasteiger partial charge >= 0.3 is 0 Å². The summed E-state index contributed by atoms with van der Waals surface area (Å²) in [6, 6.07) is 15.5. The Labute approximate surface area is 121 Å². The SMILES string of the molecule is COc1ccc(CON=Cc2ccccc2Br)cc1. The average Bonchev–Trinajstić information content (AvgIpc) is 2.46. The number of ether oxygens (including phenoxy) is 1. The van der Waals surface area contributed by atoms with Gasteiger partial charge in [0.1, 0.15) is 12.4 Å². The molecular formula is C15H14BrNO2. The molecule has 0 amide bonds. The smallest absolute Gasteiger partial charge is 0.142 e. The molecule has 0 aliphatic carbocycles. The maximum Gasteiger partial charge on any atom is 0.142 e. The molecule has 0 unspecified atom stereocenters. The van der Waals surface area contributed by atoms with Crippen LogP contribution >= 0.6 is 15.9 Å². The molecule has 4 heteroatoms. The number of halogens is 1. The Kier molecular flexibility index (Phi) is 4.98. The van der Waals surface area contributed by atoms with Crippen molar-refractivity contribution in [2.24, 2.45) is 5.16 Å². The molecule has 3 nitrogen and oxygen atoms in total. The molecule has 98 valence electrons. The van der Waals surface area contributed by atoms with Crippen LogP contribution in [0.5, 0.6) is 5.75 Å². The number of rotatable bonds is 5. The molecule has 2 aromatic carbocycles. The van der Waals surface area contributed by atoms with E-state index in [0.29, 0.717) is 6.61 Å². The van der Waals surface area contributed by atoms with Crippen molar-refractivity contribution in [3.8, 4) is 5.75 Å². The molecule has 0 aliphatic rings. The standard InChI is InChI=1S/C15H14BrNO2/c1-18-14-8-6-12(7-9-14)11-19-17-10-13-4-2-3-5-15(13)16/h2-10H,11H2,1H3. The van der Waals surface area contributed by atoms with Gasteiger partial charge in [-0.1, -0.05) is 51.4 Å². The van der Waals surface area contributed by atoms with E-state index in [1.807, 2.05) is 48.5 Å². The zero-order chi connectivity index (χ0) is 13.5. The molecule has 0 N–H and O–H groups in total. The summed E-state index contributed by atoms with van der Waals surface area (Å²) in [4.78, 5) is 5.26. The van der Waals surface area contributed by atoms with E-state index in [1.54, 1.807) is 13.3 Å². The molecular weight excluding hydrogens is 306 g/mol. The first kappa shape index (κ1) is 13.6. The minimum absolute atomic E-state index is 0.435. The van der Waals surface area contributed by atoms with Crippen LogP contribution in [0.1, 0.15) is 11.1 Å². The fourth-order valence-electron chi connectivity index (χ4n) is 1.51. The minimum atomic E-state index is 0.435. The summed E-state index contributed by atoms with van der Waals surface area (Å²) in [5.74, 6) is 0.834. The first-order valence-corrected chi connectivity index (χ1v) is 6.61. The van der Waals surface area contributed by atoms with Crippen molar-refractivity contribution in [2.45, 2.75) is 6.61 Å². The summed E-state index contributed by atoms with van der Waals surface area (Å²) < 4.78 is 6.08. The van der Waals surface area contributed by atoms with E-state index < -0.39 is 0 Å². The van der Waals surface area contributed by atoms with E-state index in [0.717, 1.165) is 21.3 Å². The Morgan fingerprint density at radius 3 is 2.53 bits per heavy atom. The zero-order valence-corrected chi connectivity index (χ0v) is 12.1. The van der Waals surface area contributed by atoms with Crippen LogP contribution in [0.25, 0.3) is 0 Å². The number of hydrogen-bond acceptors (Lipinski definition) is 3. The fraction of sp³-hybridized carbons (Fsp3) is 0.133. The summed E-state index contributed by atoms with van der Waals surface area (Å²) in [7, 11) is 1.65. The van der Waals surface area contributed by atoms with E-state index in [-0.39, 0.29) is 0 Å². The third-order valence-corrected chi connectivity index (χ3v) is 3.28. The van der Waals surface area contributed by atoms with Crippen molar-refractivity contribution >= 4 is 22.1 Å². The van der Waals surface area contributed by atoms with Gasteiger partial charge in [0.25, 0.3) is 0 Å². The zero-order valence-electron chi connectivity index (χ0n) is 10.5. The normalized spacial score (nSPS) is 10.6. The van der Waals surface area contributed by atoms with Gasteiger partial charge in [0, 0.05) is 10.0 Å². The highest BCUT2D eigenvalue weighted by Gasteiger charge is 1.95. The van der Waals surface area contributed by atoms with Gasteiger partial charge in [-0.15, -0.1) is 0 Å². The predicted octanol–water partition coefficient (Wildman–Crippen LogP) is 4.01. The second-order valence-corrected chi connectivity index (χ2v) is 4.73. The Morgan fingerprint density at radius 1 is 1.11 bits per heavy atom. The van der Waals surface area contributed by atoms with E-state index >= 15 is 0 Å². The molecule has 0 spiro atoms. The second-order valence-electron chi connectivity index (χ2n) is 3.88. The lowest BCUT2D eigenvalue weighted by atomic mass is 10.2. The first-order valence-electron chi connectivity index (χ1n) is 5.82. The average molecular weight is 320 g/mol. The highest BCUT2D eigenvalue weighted by atomic mass is 79.9. The highest BCUT2D eigenvalue weighted by Crippen LogP contribution is 2.14. The van der Waals surface area contributed by atoms with Crippen LogP contribution in [0.4, 0.5) is 0 Å². The van der Waals surface area contributed by atoms with Crippen LogP contribution in [0.2, 0.25) is 0 Å². The topological polar surface area (TPSA) is 30.8 Å². The largest absolute Gasteiger partial charge is 0.497 e. The van der Waals surface area contributed by atoms with Gasteiger partial charge in [-0.05, 0) is 23.8 Å². The van der Waals surface area contributed by atoms with Gasteiger partial charge < -0.3 is 9.57 Å². The van der Waals surface area contributed by atoms with Crippen LogP contribution in [0.15, 0.2) is 58.2 Å². The van der Waals surface area contributed by atoms with E-state index in [1.165, 1.54) is 0 Å². The maximum atomic E-state index is 5.26. The Balaban J connectivity index is 1.87. The molecule has 0 heterocycles. The molecule has 0 bridgehead atoms. The fourth-order valence-corrected chi connectivity index (χ4v) is 1.89. The molecule has 0 radical (unpaired) electrons. The minimum Gasteiger partial charge on any atom is -0.497 e. The lowest BCUT2D eigenvalue weighted by Crippen LogP contribution is -1.89. The van der Waals surface area contributed by atoms with Gasteiger partial charge in [-0.2, -0.15) is 0 Å². The van der Waals surface area contributed by atoms with Gasteiger partial charge in [0.2, 0.25) is 0 Å². The van der Waals surface area contributed by atoms with E-state index in [2.05, 4.69) is 21.1 Å². The van der Waals surface area contributed by atoms with Crippen LogP contribution in [0.3, 0.4) is 0 Å². The lowest BCUT2D eigenvalue weighted by Gasteiger charge is -2.02. The molecule has 0 saturated heterocycles. The molecule has 19 heavy (non-hydrogen) atoms. The lowest BCUT2D eigenvalue weighted by molar-refractivity contribution is 0.132. The molecule has 2 aromatic rings. The van der Waals surface area contributed by atoms with Crippen LogP contribution in [0, 0.1) is 0 Å². The molecule has 0 saturated carbocycles. The molecule has 0 aliphatic heterocycles. The quantitative estimate of drug-likeness (QED) is 0.616. The summed E-state index contributed by atoms with van der Waals surface area (Å²) in [5, 5.41) is 3.95. The van der Waals surface area contributed by atoms with Crippen molar-refractivity contribution in [3.63, 3.8) is 0 Å². The number of nitrogens with zero attached hydrogens (tertiary/aromatic N) is 1. The second kappa shape index (κ2) is 6.95. The number of methoxy groups -OCH3 is 1. The van der Waals surface area contributed by atoms with E-state index in [4.69, 9.17) is 9.57 Å². The monoisotopic (exact) mass is 319 g/mol. The van der Waals surface area contributed by atoms with Crippen molar-refractivity contribution in [1.82, 2.24) is 0 Å². The van der Waals surface area contributed by atoms with Crippen molar-refractivity contribution in [3.05, 3.63) is 64.1 Å². The first-order chi connectivity index (χ1) is 9.29. The molecule has 2 rings (SSSR count). The molecule has 0 fully saturated rings. The Hall–Kier alpha value is -1.81. The maximum absolute atomic E-state index is 5.26. The van der Waals surface area contributed by atoms with Crippen molar-refractivity contribution in [1.29, 1.82) is 0 Å². The van der Waals surface area contributed by atoms with Gasteiger partial charge in [-0.3, -0.25) is 0 Å². The number of benzene rings is 2. The third-order valence-electron chi connectivity index (χ3n) is 2.56. The Bertz CT molecular complexity index is 552. The predicted molar refractivity (Wildman–Crippen MR) is 79.5 cm³/mol. The van der Waals surface area contributed by atoms with E-state index in [9.17, 15) is 0 Å². The summed E-state index contributed by atoms with van der Waals surface area (Å²) in [5.41, 5.74) is 2.03. The molecule has 0 aromatic heterocycles. The van der Waals surface area contributed by atoms with Gasteiger partial charge in [0.05, 0.1) is 13.3 Å². The van der Waals surface area contributed by atoms with Crippen LogP contribution in [-0.2, 0) is 11.4 Å². The van der Waals surface area contributed by atoms with Crippen molar-refractivity contribution in [2.75, 3.05) is 7.11 Å². The van der Waals surface area contributed by atoms with Crippen molar-refractivity contribution < 1.29 is 9.57 Å². The summed E-state index contributed by atoms with van der Waals surface area (Å²) in [6.07, 6.45) is 1.69. The van der Waals surface area contributed by atoms with Gasteiger partial charge in [-0.25, -0.2) is 0 Å². The van der Waals surface area contributed by atoms with Crippen LogP contribution in [-0.4, -0.2) is 13.3 Å². The highest BCUT2D eigenvalue weighted by molar-refractivity contribution is 9.10. The van der Waals surface area contributed by atoms with Gasteiger partial charge in [0.15, 0.2) is 0 Å².